The van der Waals surface area contributed by atoms with Crippen LogP contribution in [0.15, 0.2) is 29.5 Å². The molecule has 1 fully saturated rings. The van der Waals surface area contributed by atoms with Crippen LogP contribution < -0.4 is 0 Å². The number of β-amino-alcohol motifs (C(OH)–C–C–N with tert-alkyl or cyclic N) is 1. The first-order valence-corrected chi connectivity index (χ1v) is 9.15. The summed E-state index contributed by atoms with van der Waals surface area (Å²) in [4.78, 5) is 11.7. The number of likely N-dealkylation sites (N-methyl/N-ethyl adjacent to an activating group) is 1. The topological polar surface area (TPSA) is 66.6 Å². The lowest BCUT2D eigenvalue weighted by Gasteiger charge is -2.02. The van der Waals surface area contributed by atoms with Gasteiger partial charge in [-0.2, -0.15) is 0 Å². The van der Waals surface area contributed by atoms with E-state index in [1.54, 1.807) is 12.3 Å². The molecular formula is C20H40N2O3. The quantitative estimate of drug-likeness (QED) is 0.638. The van der Waals surface area contributed by atoms with Crippen molar-refractivity contribution < 1.29 is 14.4 Å². The van der Waals surface area contributed by atoms with Gasteiger partial charge in [0.1, 0.15) is 12.5 Å². The normalized spacial score (nSPS) is 15.2. The predicted octanol–water partition coefficient (Wildman–Crippen LogP) is 4.51. The van der Waals surface area contributed by atoms with E-state index in [0.29, 0.717) is 12.3 Å². The summed E-state index contributed by atoms with van der Waals surface area (Å²) in [5.41, 5.74) is 0.926. The number of carbonyl (C=O) groups is 1. The van der Waals surface area contributed by atoms with Gasteiger partial charge in [-0.05, 0) is 32.7 Å². The molecule has 5 heteroatoms. The van der Waals surface area contributed by atoms with Crippen LogP contribution in [-0.2, 0) is 4.79 Å². The molecule has 5 nitrogen and oxygen atoms in total. The Kier molecular flexibility index (Phi) is 25.6. The van der Waals surface area contributed by atoms with Gasteiger partial charge in [-0.25, -0.2) is 0 Å². The zero-order valence-electron chi connectivity index (χ0n) is 17.4. The van der Waals surface area contributed by atoms with Crippen LogP contribution in [0.3, 0.4) is 0 Å². The average molecular weight is 357 g/mol. The van der Waals surface area contributed by atoms with E-state index in [1.165, 1.54) is 0 Å². The lowest BCUT2D eigenvalue weighted by molar-refractivity contribution is -0.108. The molecule has 0 aromatic carbocycles. The molecule has 1 aliphatic rings. The van der Waals surface area contributed by atoms with Crippen LogP contribution in [0.1, 0.15) is 59.6 Å². The Bertz CT molecular complexity index is 357. The maximum atomic E-state index is 9.62. The number of aromatic nitrogens is 1. The minimum Gasteiger partial charge on any atom is -0.392 e. The minimum absolute atomic E-state index is 0.0509. The molecule has 148 valence electrons. The van der Waals surface area contributed by atoms with Gasteiger partial charge in [0, 0.05) is 25.6 Å². The SMILES string of the molecule is C=CCC.CC.CC(C)CC=O.CN1CCC(O)C1.Cc1ccon1. The lowest BCUT2D eigenvalue weighted by Crippen LogP contribution is -2.15. The summed E-state index contributed by atoms with van der Waals surface area (Å²) in [6.45, 7) is 17.4. The molecular weight excluding hydrogens is 316 g/mol. The first kappa shape index (κ1) is 28.3. The standard InChI is InChI=1S/C5H11NO.C5H10O.C4H5NO.C4H8.C2H6/c1-6-3-2-5(7)4-6;1-5(2)3-4-6;1-4-2-3-6-5-4;1-3-4-2;1-2/h5,7H,2-4H2,1H3;4-5H,3H2,1-2H3;2-3H,1H3;3H,1,4H2,2H3;1-2H3. The van der Waals surface area contributed by atoms with E-state index in [2.05, 4.69) is 28.1 Å². The van der Waals surface area contributed by atoms with Gasteiger partial charge in [0.15, 0.2) is 0 Å². The molecule has 0 radical (unpaired) electrons. The van der Waals surface area contributed by atoms with Gasteiger partial charge in [0.2, 0.25) is 0 Å². The van der Waals surface area contributed by atoms with Crippen molar-refractivity contribution in [3.05, 3.63) is 30.7 Å². The first-order chi connectivity index (χ1) is 11.9. The third-order valence-electron chi connectivity index (χ3n) is 2.79. The smallest absolute Gasteiger partial charge is 0.124 e. The van der Waals surface area contributed by atoms with Crippen LogP contribution in [0.25, 0.3) is 0 Å². The highest BCUT2D eigenvalue weighted by Crippen LogP contribution is 2.03. The molecule has 1 aliphatic heterocycles. The van der Waals surface area contributed by atoms with E-state index in [9.17, 15) is 4.79 Å². The van der Waals surface area contributed by atoms with Crippen molar-refractivity contribution in [2.24, 2.45) is 5.92 Å². The van der Waals surface area contributed by atoms with E-state index < -0.39 is 0 Å². The second-order valence-electron chi connectivity index (χ2n) is 5.84. The molecule has 0 amide bonds. The van der Waals surface area contributed by atoms with E-state index in [1.807, 2.05) is 47.7 Å². The van der Waals surface area contributed by atoms with Crippen LogP contribution in [0, 0.1) is 12.8 Å². The average Bonchev–Trinajstić information content (AvgIpc) is 3.21. The summed E-state index contributed by atoms with van der Waals surface area (Å²) in [5, 5.41) is 12.4. The molecule has 1 unspecified atom stereocenters. The second-order valence-corrected chi connectivity index (χ2v) is 5.84. The number of aliphatic hydroxyl groups is 1. The number of rotatable bonds is 3. The number of aldehydes is 1. The van der Waals surface area contributed by atoms with Crippen LogP contribution in [0.5, 0.6) is 0 Å². The fourth-order valence-electron chi connectivity index (χ4n) is 1.38. The van der Waals surface area contributed by atoms with Crippen molar-refractivity contribution in [1.29, 1.82) is 0 Å². The third kappa shape index (κ3) is 27.7. The molecule has 0 saturated carbocycles. The second kappa shape index (κ2) is 22.5. The van der Waals surface area contributed by atoms with Crippen molar-refractivity contribution in [3.63, 3.8) is 0 Å². The highest BCUT2D eigenvalue weighted by atomic mass is 16.5. The summed E-state index contributed by atoms with van der Waals surface area (Å²) in [6.07, 6.45) is 7.06. The number of nitrogens with zero attached hydrogens (tertiary/aromatic N) is 2. The molecule has 1 aromatic rings. The highest BCUT2D eigenvalue weighted by molar-refractivity contribution is 5.49. The molecule has 0 spiro atoms. The summed E-state index contributed by atoms with van der Waals surface area (Å²) in [7, 11) is 2.02. The van der Waals surface area contributed by atoms with Gasteiger partial charge < -0.3 is 19.3 Å². The molecule has 1 atom stereocenters. The molecule has 25 heavy (non-hydrogen) atoms. The van der Waals surface area contributed by atoms with Gasteiger partial charge in [0.25, 0.3) is 0 Å². The molecule has 1 N–H and O–H groups in total. The number of aryl methyl sites for hydroxylation is 1. The number of carbonyl (C=O) groups excluding carboxylic acids is 1. The molecule has 0 bridgehead atoms. The van der Waals surface area contributed by atoms with E-state index in [4.69, 9.17) is 5.11 Å². The maximum Gasteiger partial charge on any atom is 0.124 e. The molecule has 1 aromatic heterocycles. The Morgan fingerprint density at radius 3 is 2.12 bits per heavy atom. The van der Waals surface area contributed by atoms with E-state index in [0.717, 1.165) is 37.9 Å². The van der Waals surface area contributed by atoms with Crippen molar-refractivity contribution in [2.45, 2.75) is 66.9 Å². The van der Waals surface area contributed by atoms with Crippen molar-refractivity contribution >= 4 is 6.29 Å². The van der Waals surface area contributed by atoms with Crippen LogP contribution >= 0.6 is 0 Å². The van der Waals surface area contributed by atoms with Crippen LogP contribution in [-0.4, -0.2) is 47.7 Å². The zero-order valence-corrected chi connectivity index (χ0v) is 17.4. The van der Waals surface area contributed by atoms with Gasteiger partial charge in [-0.1, -0.05) is 45.9 Å². The van der Waals surface area contributed by atoms with Crippen LogP contribution in [0.4, 0.5) is 0 Å². The van der Waals surface area contributed by atoms with E-state index >= 15 is 0 Å². The first-order valence-electron chi connectivity index (χ1n) is 9.15. The molecule has 1 saturated heterocycles. The summed E-state index contributed by atoms with van der Waals surface area (Å²) < 4.78 is 4.46. The third-order valence-corrected chi connectivity index (χ3v) is 2.79. The maximum absolute atomic E-state index is 9.62. The highest BCUT2D eigenvalue weighted by Gasteiger charge is 2.15. The lowest BCUT2D eigenvalue weighted by atomic mass is 10.2. The van der Waals surface area contributed by atoms with Gasteiger partial charge in [-0.15, -0.1) is 6.58 Å². The van der Waals surface area contributed by atoms with Crippen molar-refractivity contribution in [3.8, 4) is 0 Å². The fraction of sp³-hybridized carbons (Fsp3) is 0.700. The van der Waals surface area contributed by atoms with Gasteiger partial charge in [-0.3, -0.25) is 0 Å². The Balaban J connectivity index is -0.000000254. The Hall–Kier alpha value is -1.46. The van der Waals surface area contributed by atoms with Crippen molar-refractivity contribution in [1.82, 2.24) is 10.1 Å². The summed E-state index contributed by atoms with van der Waals surface area (Å²) in [5.74, 6) is 0.530. The Morgan fingerprint density at radius 1 is 1.48 bits per heavy atom. The number of likely N-dealkylation sites (tertiary alicyclic amines) is 1. The number of allylic oxidation sites excluding steroid dienone is 1. The summed E-state index contributed by atoms with van der Waals surface area (Å²) in [6, 6.07) is 1.81. The molecule has 0 aliphatic carbocycles. The largest absolute Gasteiger partial charge is 0.392 e. The fourth-order valence-corrected chi connectivity index (χ4v) is 1.38. The zero-order chi connectivity index (χ0) is 20.1. The molecule has 2 rings (SSSR count). The molecule has 2 heterocycles. The number of hydrogen-bond acceptors (Lipinski definition) is 5. The summed E-state index contributed by atoms with van der Waals surface area (Å²) >= 11 is 0. The van der Waals surface area contributed by atoms with Crippen molar-refractivity contribution in [2.75, 3.05) is 20.1 Å². The Labute approximate surface area is 155 Å². The van der Waals surface area contributed by atoms with E-state index in [-0.39, 0.29) is 6.10 Å². The minimum atomic E-state index is -0.0509. The Morgan fingerprint density at radius 2 is 2.04 bits per heavy atom. The van der Waals surface area contributed by atoms with Gasteiger partial charge >= 0.3 is 0 Å². The van der Waals surface area contributed by atoms with Gasteiger partial charge in [0.05, 0.1) is 11.8 Å². The monoisotopic (exact) mass is 356 g/mol. The number of hydrogen-bond donors (Lipinski definition) is 1. The predicted molar refractivity (Wildman–Crippen MR) is 107 cm³/mol. The van der Waals surface area contributed by atoms with Crippen LogP contribution in [0.2, 0.25) is 0 Å². The number of aliphatic hydroxyl groups excluding tert-OH is 1.